The van der Waals surface area contributed by atoms with Crippen LogP contribution in [0.2, 0.25) is 0 Å². The highest BCUT2D eigenvalue weighted by Gasteiger charge is 2.43. The standard InChI is InChI=1S/C30H34N2O6S/c1-21-6-5-9-27(16-21)39(35,36)32-18-25(33)19-37-20-29-28(32)15-14-26(38-29)17-30(34)31-24-12-10-23(11-13-24)22-7-3-2-4-8-22/h2-13,16,25-26,28-29,33H,14-15,17-20H2,1H3,(H,31,34)/t25-,26-,28+,29-/m0/s1. The zero-order chi connectivity index (χ0) is 27.4. The summed E-state index contributed by atoms with van der Waals surface area (Å²) in [4.78, 5) is 13.0. The van der Waals surface area contributed by atoms with Crippen LogP contribution in [-0.2, 0) is 24.3 Å². The highest BCUT2D eigenvalue weighted by molar-refractivity contribution is 7.89. The zero-order valence-corrected chi connectivity index (χ0v) is 22.7. The third-order valence-corrected chi connectivity index (χ3v) is 9.11. The van der Waals surface area contributed by atoms with Gasteiger partial charge in [0.1, 0.15) is 0 Å². The quantitative estimate of drug-likeness (QED) is 0.481. The van der Waals surface area contributed by atoms with E-state index in [0.717, 1.165) is 16.7 Å². The van der Waals surface area contributed by atoms with Gasteiger partial charge in [-0.3, -0.25) is 4.79 Å². The number of benzene rings is 3. The maximum absolute atomic E-state index is 13.6. The summed E-state index contributed by atoms with van der Waals surface area (Å²) in [7, 11) is -3.87. The first-order chi connectivity index (χ1) is 18.8. The van der Waals surface area contributed by atoms with Crippen LogP contribution in [0, 0.1) is 6.92 Å². The first-order valence-corrected chi connectivity index (χ1v) is 14.7. The lowest BCUT2D eigenvalue weighted by atomic mass is 9.96. The van der Waals surface area contributed by atoms with Crippen molar-refractivity contribution in [1.29, 1.82) is 0 Å². The van der Waals surface area contributed by atoms with Gasteiger partial charge in [0.05, 0.1) is 48.9 Å². The van der Waals surface area contributed by atoms with E-state index >= 15 is 0 Å². The second kappa shape index (κ2) is 12.0. The molecule has 2 fully saturated rings. The monoisotopic (exact) mass is 550 g/mol. The second-order valence-corrected chi connectivity index (χ2v) is 12.1. The summed E-state index contributed by atoms with van der Waals surface area (Å²) in [6.07, 6.45) is -0.702. The first-order valence-electron chi connectivity index (χ1n) is 13.2. The number of aliphatic hydroxyl groups excluding tert-OH is 1. The summed E-state index contributed by atoms with van der Waals surface area (Å²) in [6, 6.07) is 24.0. The van der Waals surface area contributed by atoms with Crippen molar-refractivity contribution in [3.05, 3.63) is 84.4 Å². The van der Waals surface area contributed by atoms with Gasteiger partial charge in [-0.05, 0) is 60.7 Å². The zero-order valence-electron chi connectivity index (χ0n) is 21.9. The number of carbonyl (C=O) groups is 1. The van der Waals surface area contributed by atoms with Crippen molar-refractivity contribution in [2.45, 2.75) is 55.4 Å². The molecule has 8 nitrogen and oxygen atoms in total. The first kappa shape index (κ1) is 27.5. The number of sulfonamides is 1. The van der Waals surface area contributed by atoms with Crippen LogP contribution >= 0.6 is 0 Å². The Labute approximate surface area is 229 Å². The second-order valence-electron chi connectivity index (χ2n) is 10.2. The van der Waals surface area contributed by atoms with Crippen LogP contribution in [0.25, 0.3) is 11.1 Å². The summed E-state index contributed by atoms with van der Waals surface area (Å²) in [6.45, 7) is 1.91. The van der Waals surface area contributed by atoms with Gasteiger partial charge in [0.15, 0.2) is 0 Å². The van der Waals surface area contributed by atoms with Crippen LogP contribution in [0.15, 0.2) is 83.8 Å². The van der Waals surface area contributed by atoms with Crippen molar-refractivity contribution in [3.8, 4) is 11.1 Å². The molecule has 0 saturated carbocycles. The number of hydrogen-bond acceptors (Lipinski definition) is 6. The van der Waals surface area contributed by atoms with Crippen molar-refractivity contribution in [3.63, 3.8) is 0 Å². The van der Waals surface area contributed by atoms with E-state index in [-0.39, 0.29) is 43.1 Å². The molecule has 1 amide bonds. The molecular formula is C30H34N2O6S. The molecule has 39 heavy (non-hydrogen) atoms. The van der Waals surface area contributed by atoms with E-state index in [1.54, 1.807) is 18.2 Å². The smallest absolute Gasteiger partial charge is 0.243 e. The van der Waals surface area contributed by atoms with Crippen molar-refractivity contribution < 1.29 is 27.8 Å². The maximum Gasteiger partial charge on any atom is 0.243 e. The highest BCUT2D eigenvalue weighted by atomic mass is 32.2. The van der Waals surface area contributed by atoms with Crippen LogP contribution in [-0.4, -0.2) is 67.8 Å². The Hall–Kier alpha value is -3.08. The summed E-state index contributed by atoms with van der Waals surface area (Å²) in [5.41, 5.74) is 3.71. The number of aliphatic hydroxyl groups is 1. The SMILES string of the molecule is Cc1cccc(S(=O)(=O)N2C[C@H](O)COC[C@@H]3O[C@H](CC(=O)Nc4ccc(-c5ccccc5)cc4)CC[C@H]32)c1. The number of aryl methyl sites for hydroxylation is 1. The van der Waals surface area contributed by atoms with Gasteiger partial charge < -0.3 is 19.9 Å². The molecular weight excluding hydrogens is 516 g/mol. The van der Waals surface area contributed by atoms with Crippen molar-refractivity contribution in [2.75, 3.05) is 25.1 Å². The Morgan fingerprint density at radius 3 is 2.46 bits per heavy atom. The fourth-order valence-corrected chi connectivity index (χ4v) is 7.10. The Kier molecular flexibility index (Phi) is 8.44. The number of hydrogen-bond donors (Lipinski definition) is 2. The fraction of sp³-hybridized carbons (Fsp3) is 0.367. The highest BCUT2D eigenvalue weighted by Crippen LogP contribution is 2.32. The number of amides is 1. The molecule has 2 aliphatic heterocycles. The molecule has 0 aromatic heterocycles. The Balaban J connectivity index is 1.24. The molecule has 2 N–H and O–H groups in total. The molecule has 5 rings (SSSR count). The van der Waals surface area contributed by atoms with Crippen LogP contribution in [0.4, 0.5) is 5.69 Å². The number of rotatable bonds is 6. The number of carbonyl (C=O) groups excluding carboxylic acids is 1. The minimum Gasteiger partial charge on any atom is -0.389 e. The van der Waals surface area contributed by atoms with Gasteiger partial charge in [0, 0.05) is 12.2 Å². The van der Waals surface area contributed by atoms with Gasteiger partial charge in [-0.2, -0.15) is 4.31 Å². The van der Waals surface area contributed by atoms with Crippen LogP contribution in [0.3, 0.4) is 0 Å². The lowest BCUT2D eigenvalue weighted by Crippen LogP contribution is -2.57. The van der Waals surface area contributed by atoms with Gasteiger partial charge in [-0.15, -0.1) is 0 Å². The molecule has 206 valence electrons. The van der Waals surface area contributed by atoms with E-state index in [1.165, 1.54) is 4.31 Å². The van der Waals surface area contributed by atoms with Gasteiger partial charge >= 0.3 is 0 Å². The lowest BCUT2D eigenvalue weighted by Gasteiger charge is -2.43. The molecule has 2 heterocycles. The predicted molar refractivity (Wildman–Crippen MR) is 149 cm³/mol. The number of nitrogens with zero attached hydrogens (tertiary/aromatic N) is 1. The molecule has 0 radical (unpaired) electrons. The van der Waals surface area contributed by atoms with Crippen molar-refractivity contribution >= 4 is 21.6 Å². The molecule has 9 heteroatoms. The summed E-state index contributed by atoms with van der Waals surface area (Å²) in [5.74, 6) is -0.169. The number of fused-ring (bicyclic) bond motifs is 1. The normalized spacial score (nSPS) is 24.3. The van der Waals surface area contributed by atoms with Crippen molar-refractivity contribution in [1.82, 2.24) is 4.31 Å². The number of nitrogens with one attached hydrogen (secondary N) is 1. The Bertz CT molecular complexity index is 1380. The maximum atomic E-state index is 13.6. The van der Waals surface area contributed by atoms with Gasteiger partial charge in [-0.1, -0.05) is 54.6 Å². The van der Waals surface area contributed by atoms with Crippen molar-refractivity contribution in [2.24, 2.45) is 0 Å². The number of β-amino-alcohol motifs (C(OH)–C–C–N with tert-alkyl or cyclic N) is 1. The number of anilines is 1. The van der Waals surface area contributed by atoms with E-state index in [0.29, 0.717) is 18.5 Å². The third-order valence-electron chi connectivity index (χ3n) is 7.22. The minimum absolute atomic E-state index is 0.0105. The average Bonchev–Trinajstić information content (AvgIpc) is 2.92. The van der Waals surface area contributed by atoms with Gasteiger partial charge in [0.25, 0.3) is 0 Å². The minimum atomic E-state index is -3.87. The molecule has 0 aliphatic carbocycles. The topological polar surface area (TPSA) is 105 Å². The van der Waals surface area contributed by atoms with Gasteiger partial charge in [0.2, 0.25) is 15.9 Å². The van der Waals surface area contributed by atoms with E-state index in [2.05, 4.69) is 5.32 Å². The largest absolute Gasteiger partial charge is 0.389 e. The third kappa shape index (κ3) is 6.57. The van der Waals surface area contributed by atoms with Gasteiger partial charge in [-0.25, -0.2) is 8.42 Å². The van der Waals surface area contributed by atoms with Crippen LogP contribution in [0.1, 0.15) is 24.8 Å². The molecule has 2 saturated heterocycles. The van der Waals surface area contributed by atoms with E-state index < -0.39 is 28.3 Å². The van der Waals surface area contributed by atoms with E-state index in [4.69, 9.17) is 9.47 Å². The van der Waals surface area contributed by atoms with E-state index in [9.17, 15) is 18.3 Å². The summed E-state index contributed by atoms with van der Waals surface area (Å²) >= 11 is 0. The molecule has 0 spiro atoms. The van der Waals surface area contributed by atoms with E-state index in [1.807, 2.05) is 67.6 Å². The number of ether oxygens (including phenoxy) is 2. The summed E-state index contributed by atoms with van der Waals surface area (Å²) < 4.78 is 40.5. The molecule has 4 atom stereocenters. The molecule has 3 aromatic rings. The molecule has 0 bridgehead atoms. The molecule has 0 unspecified atom stereocenters. The van der Waals surface area contributed by atoms with Crippen LogP contribution in [0.5, 0.6) is 0 Å². The Morgan fingerprint density at radius 1 is 0.974 bits per heavy atom. The summed E-state index contributed by atoms with van der Waals surface area (Å²) in [5, 5.41) is 13.3. The Morgan fingerprint density at radius 2 is 1.72 bits per heavy atom. The molecule has 3 aromatic carbocycles. The van der Waals surface area contributed by atoms with Crippen LogP contribution < -0.4 is 5.32 Å². The predicted octanol–water partition coefficient (Wildman–Crippen LogP) is 3.99. The lowest BCUT2D eigenvalue weighted by molar-refractivity contribution is -0.144. The average molecular weight is 551 g/mol. The molecule has 2 aliphatic rings. The fourth-order valence-electron chi connectivity index (χ4n) is 5.28.